The summed E-state index contributed by atoms with van der Waals surface area (Å²) in [6.07, 6.45) is -1.46. The van der Waals surface area contributed by atoms with Crippen LogP contribution < -0.4 is 10.6 Å². The summed E-state index contributed by atoms with van der Waals surface area (Å²) in [4.78, 5) is 42.3. The van der Waals surface area contributed by atoms with Crippen LogP contribution in [0.15, 0.2) is 72.1 Å². The molecule has 4 N–H and O–H groups in total. The smallest absolute Gasteiger partial charge is 0.254 e. The minimum absolute atomic E-state index is 0.0300. The van der Waals surface area contributed by atoms with Gasteiger partial charge in [0.05, 0.1) is 11.9 Å². The first-order valence-electron chi connectivity index (χ1n) is 14.2. The minimum atomic E-state index is -1.63. The van der Waals surface area contributed by atoms with E-state index >= 15 is 0 Å². The molecule has 11 heteroatoms. The van der Waals surface area contributed by atoms with Gasteiger partial charge in [-0.05, 0) is 79.4 Å². The zero-order valence-corrected chi connectivity index (χ0v) is 26.9. The summed E-state index contributed by atoms with van der Waals surface area (Å²) in [5.74, 6) is -1.33. The predicted molar refractivity (Wildman–Crippen MR) is 176 cm³/mol. The summed E-state index contributed by atoms with van der Waals surface area (Å²) < 4.78 is 0.429. The molecule has 0 saturated carbocycles. The van der Waals surface area contributed by atoms with Gasteiger partial charge in [0, 0.05) is 32.1 Å². The standard InChI is InChI=1S/C33H34ClN3O5S2/c1-19-23(10-7-11-26(19)38)30(40)36-25(14-20-8-5-4-6-9-20)28(39)32(42)37-18-44-33(2,3)29(37)31(41)35-16-21-17-43-27-13-12-22(34)15-24(21)27/h4-13,15,17,25,28-29,38-39H,14,16,18H2,1-3H3,(H,35,41)(H,36,40). The second kappa shape index (κ2) is 13.2. The molecule has 44 heavy (non-hydrogen) atoms. The van der Waals surface area contributed by atoms with Crippen LogP contribution in [0.2, 0.25) is 5.02 Å². The average Bonchev–Trinajstić information content (AvgIpc) is 3.55. The van der Waals surface area contributed by atoms with Crippen molar-refractivity contribution in [3.8, 4) is 5.75 Å². The third-order valence-electron chi connectivity index (χ3n) is 7.94. The van der Waals surface area contributed by atoms with Gasteiger partial charge in [-0.2, -0.15) is 0 Å². The molecule has 1 aliphatic rings. The zero-order chi connectivity index (χ0) is 31.6. The van der Waals surface area contributed by atoms with E-state index in [-0.39, 0.29) is 36.1 Å². The number of hydrogen-bond donors (Lipinski definition) is 4. The highest BCUT2D eigenvalue weighted by Gasteiger charge is 2.49. The van der Waals surface area contributed by atoms with Crippen LogP contribution in [0.4, 0.5) is 0 Å². The van der Waals surface area contributed by atoms with E-state index in [2.05, 4.69) is 10.6 Å². The quantitative estimate of drug-likeness (QED) is 0.196. The number of hydrogen-bond acceptors (Lipinski definition) is 7. The van der Waals surface area contributed by atoms with Crippen molar-refractivity contribution >= 4 is 62.5 Å². The summed E-state index contributed by atoms with van der Waals surface area (Å²) in [5.41, 5.74) is 2.36. The molecule has 1 aliphatic heterocycles. The van der Waals surface area contributed by atoms with Crippen LogP contribution in [0.5, 0.6) is 5.75 Å². The Morgan fingerprint density at radius 2 is 1.84 bits per heavy atom. The number of rotatable bonds is 9. The maximum atomic E-state index is 13.9. The fourth-order valence-electron chi connectivity index (χ4n) is 5.45. The van der Waals surface area contributed by atoms with Gasteiger partial charge < -0.3 is 25.7 Å². The maximum Gasteiger partial charge on any atom is 0.254 e. The van der Waals surface area contributed by atoms with Crippen molar-refractivity contribution in [1.29, 1.82) is 0 Å². The van der Waals surface area contributed by atoms with Crippen molar-refractivity contribution in [3.63, 3.8) is 0 Å². The number of carbonyl (C=O) groups is 3. The van der Waals surface area contributed by atoms with E-state index in [4.69, 9.17) is 11.6 Å². The van der Waals surface area contributed by atoms with Crippen LogP contribution in [0.1, 0.15) is 40.9 Å². The summed E-state index contributed by atoms with van der Waals surface area (Å²) >= 11 is 9.22. The van der Waals surface area contributed by atoms with Crippen LogP contribution >= 0.6 is 34.7 Å². The van der Waals surface area contributed by atoms with Crippen LogP contribution in [0, 0.1) is 6.92 Å². The Kier molecular flexibility index (Phi) is 9.55. The molecule has 0 radical (unpaired) electrons. The third kappa shape index (κ3) is 6.73. The lowest BCUT2D eigenvalue weighted by molar-refractivity contribution is -0.147. The molecule has 3 atom stereocenters. The first-order chi connectivity index (χ1) is 21.0. The van der Waals surface area contributed by atoms with Crippen LogP contribution in [0.3, 0.4) is 0 Å². The highest BCUT2D eigenvalue weighted by molar-refractivity contribution is 8.00. The number of carbonyl (C=O) groups excluding carboxylic acids is 3. The number of aliphatic hydroxyl groups excluding tert-OH is 1. The normalized spacial score (nSPS) is 17.3. The summed E-state index contributed by atoms with van der Waals surface area (Å²) in [6.45, 7) is 5.68. The number of phenolic OH excluding ortho intramolecular Hbond substituents is 1. The minimum Gasteiger partial charge on any atom is -0.508 e. The van der Waals surface area contributed by atoms with E-state index in [0.717, 1.165) is 21.2 Å². The topological polar surface area (TPSA) is 119 Å². The first-order valence-corrected chi connectivity index (χ1v) is 16.4. The molecule has 1 saturated heterocycles. The van der Waals surface area contributed by atoms with Crippen molar-refractivity contribution in [2.45, 2.75) is 56.7 Å². The molecular formula is C33H34ClN3O5S2. The Morgan fingerprint density at radius 3 is 2.59 bits per heavy atom. The lowest BCUT2D eigenvalue weighted by Crippen LogP contribution is -2.58. The van der Waals surface area contributed by atoms with Crippen molar-refractivity contribution in [1.82, 2.24) is 15.5 Å². The van der Waals surface area contributed by atoms with Crippen molar-refractivity contribution < 1.29 is 24.6 Å². The highest BCUT2D eigenvalue weighted by atomic mass is 35.5. The Balaban J connectivity index is 1.36. The lowest BCUT2D eigenvalue weighted by atomic mass is 9.96. The zero-order valence-electron chi connectivity index (χ0n) is 24.5. The number of nitrogens with one attached hydrogen (secondary N) is 2. The molecule has 3 amide bonds. The number of nitrogens with zero attached hydrogens (tertiary/aromatic N) is 1. The molecule has 230 valence electrons. The summed E-state index contributed by atoms with van der Waals surface area (Å²) in [6, 6.07) is 17.6. The van der Waals surface area contributed by atoms with Crippen LogP contribution in [-0.4, -0.2) is 61.6 Å². The lowest BCUT2D eigenvalue weighted by Gasteiger charge is -2.33. The second-order valence-electron chi connectivity index (χ2n) is 11.4. The third-order valence-corrected chi connectivity index (χ3v) is 10.6. The molecule has 3 aromatic carbocycles. The van der Waals surface area contributed by atoms with Gasteiger partial charge in [-0.25, -0.2) is 0 Å². The molecule has 1 aromatic heterocycles. The van der Waals surface area contributed by atoms with Gasteiger partial charge in [0.25, 0.3) is 11.8 Å². The van der Waals surface area contributed by atoms with Gasteiger partial charge in [-0.15, -0.1) is 23.1 Å². The van der Waals surface area contributed by atoms with E-state index in [0.29, 0.717) is 10.6 Å². The second-order valence-corrected chi connectivity index (χ2v) is 14.3. The molecule has 0 spiro atoms. The fourth-order valence-corrected chi connectivity index (χ4v) is 7.71. The van der Waals surface area contributed by atoms with Gasteiger partial charge in [0.15, 0.2) is 6.10 Å². The first kappa shape index (κ1) is 31.8. The number of fused-ring (bicyclic) bond motifs is 1. The Hall–Kier alpha value is -3.57. The van der Waals surface area contributed by atoms with Crippen LogP contribution in [-0.2, 0) is 22.6 Å². The number of thiophene rings is 1. The van der Waals surface area contributed by atoms with Gasteiger partial charge in [0.2, 0.25) is 5.91 Å². The van der Waals surface area contributed by atoms with Crippen molar-refractivity contribution in [3.05, 3.63) is 99.4 Å². The molecule has 2 heterocycles. The van der Waals surface area contributed by atoms with Gasteiger partial charge in [-0.3, -0.25) is 14.4 Å². The Labute approximate surface area is 269 Å². The molecule has 8 nitrogen and oxygen atoms in total. The van der Waals surface area contributed by atoms with Crippen LogP contribution in [0.25, 0.3) is 10.1 Å². The van der Waals surface area contributed by atoms with E-state index in [1.54, 1.807) is 30.4 Å². The summed E-state index contributed by atoms with van der Waals surface area (Å²) in [5, 5.41) is 31.0. The molecular weight excluding hydrogens is 618 g/mol. The fraction of sp³-hybridized carbons (Fsp3) is 0.303. The Morgan fingerprint density at radius 1 is 1.09 bits per heavy atom. The molecule has 0 aliphatic carbocycles. The van der Waals surface area contributed by atoms with Crippen molar-refractivity contribution in [2.75, 3.05) is 5.88 Å². The molecule has 4 aromatic rings. The monoisotopic (exact) mass is 651 g/mol. The van der Waals surface area contributed by atoms with E-state index in [1.165, 1.54) is 22.7 Å². The summed E-state index contributed by atoms with van der Waals surface area (Å²) in [7, 11) is 0. The SMILES string of the molecule is Cc1c(O)cccc1C(=O)NC(Cc1ccccc1)C(O)C(=O)N1CSC(C)(C)C1C(=O)NCc1csc2ccc(Cl)cc12. The molecule has 3 unspecified atom stereocenters. The van der Waals surface area contributed by atoms with E-state index < -0.39 is 34.7 Å². The number of thioether (sulfide) groups is 1. The highest BCUT2D eigenvalue weighted by Crippen LogP contribution is 2.40. The van der Waals surface area contributed by atoms with E-state index in [9.17, 15) is 24.6 Å². The maximum absolute atomic E-state index is 13.9. The largest absolute Gasteiger partial charge is 0.508 e. The number of aliphatic hydroxyl groups is 1. The number of halogens is 1. The van der Waals surface area contributed by atoms with Crippen molar-refractivity contribution in [2.24, 2.45) is 0 Å². The van der Waals surface area contributed by atoms with Gasteiger partial charge in [0.1, 0.15) is 11.8 Å². The van der Waals surface area contributed by atoms with E-state index in [1.807, 2.05) is 67.8 Å². The number of amides is 3. The predicted octanol–water partition coefficient (Wildman–Crippen LogP) is 5.27. The number of phenols is 1. The Bertz CT molecular complexity index is 1690. The molecule has 5 rings (SSSR count). The molecule has 0 bridgehead atoms. The molecule has 1 fully saturated rings. The number of benzene rings is 3. The van der Waals surface area contributed by atoms with Gasteiger partial charge in [-0.1, -0.05) is 48.0 Å². The average molecular weight is 652 g/mol. The number of aromatic hydroxyl groups is 1. The van der Waals surface area contributed by atoms with Gasteiger partial charge >= 0.3 is 0 Å².